The van der Waals surface area contributed by atoms with E-state index >= 15 is 0 Å². The van der Waals surface area contributed by atoms with Gasteiger partial charge in [0.1, 0.15) is 0 Å². The van der Waals surface area contributed by atoms with Gasteiger partial charge >= 0.3 is 0 Å². The highest BCUT2D eigenvalue weighted by Gasteiger charge is 2.39. The van der Waals surface area contributed by atoms with Crippen LogP contribution in [0.2, 0.25) is 0 Å². The minimum atomic E-state index is -0.310. The van der Waals surface area contributed by atoms with Crippen molar-refractivity contribution in [1.82, 2.24) is 9.47 Å². The van der Waals surface area contributed by atoms with Crippen LogP contribution in [-0.2, 0) is 0 Å². The fraction of sp³-hybridized carbons (Fsp3) is 0.500. The molecule has 0 amide bonds. The van der Waals surface area contributed by atoms with Gasteiger partial charge in [0.15, 0.2) is 0 Å². The molecule has 1 aromatic heterocycles. The Morgan fingerprint density at radius 1 is 1.14 bits per heavy atom. The third-order valence-corrected chi connectivity index (χ3v) is 5.38. The lowest BCUT2D eigenvalue weighted by Gasteiger charge is -2.37. The molecule has 2 aliphatic heterocycles. The first-order chi connectivity index (χ1) is 10.1. The Kier molecular flexibility index (Phi) is 2.79. The summed E-state index contributed by atoms with van der Waals surface area (Å²) in [5.74, 6) is 0. The number of fused-ring (bicyclic) bond motifs is 3. The maximum absolute atomic E-state index is 11.0. The number of nitro groups is 1. The van der Waals surface area contributed by atoms with Gasteiger partial charge < -0.3 is 9.47 Å². The average molecular weight is 285 g/mol. The summed E-state index contributed by atoms with van der Waals surface area (Å²) in [6, 6.07) is 9.04. The molecule has 110 valence electrons. The van der Waals surface area contributed by atoms with Crippen molar-refractivity contribution in [2.45, 2.75) is 43.8 Å². The molecular formula is C16H19N3O2. The molecule has 2 fully saturated rings. The van der Waals surface area contributed by atoms with Gasteiger partial charge in [-0.05, 0) is 44.9 Å². The first-order valence-corrected chi connectivity index (χ1v) is 7.60. The molecule has 2 unspecified atom stereocenters. The van der Waals surface area contributed by atoms with Gasteiger partial charge in [-0.15, -0.1) is 0 Å². The Morgan fingerprint density at radius 2 is 1.86 bits per heavy atom. The van der Waals surface area contributed by atoms with Crippen LogP contribution < -0.4 is 0 Å². The lowest BCUT2D eigenvalue weighted by Crippen LogP contribution is -2.40. The minimum Gasteiger partial charge on any atom is -0.344 e. The van der Waals surface area contributed by atoms with Crippen LogP contribution in [0.5, 0.6) is 0 Å². The van der Waals surface area contributed by atoms with Crippen molar-refractivity contribution in [3.05, 3.63) is 40.6 Å². The fourth-order valence-electron chi connectivity index (χ4n) is 4.18. The molecule has 1 aromatic carbocycles. The van der Waals surface area contributed by atoms with Gasteiger partial charge in [-0.1, -0.05) is 0 Å². The van der Waals surface area contributed by atoms with Gasteiger partial charge in [0.25, 0.3) is 5.69 Å². The summed E-state index contributed by atoms with van der Waals surface area (Å²) >= 11 is 0. The monoisotopic (exact) mass is 285 g/mol. The summed E-state index contributed by atoms with van der Waals surface area (Å²) in [7, 11) is 2.23. The summed E-state index contributed by atoms with van der Waals surface area (Å²) in [6.45, 7) is 0. The zero-order valence-corrected chi connectivity index (χ0v) is 12.1. The van der Waals surface area contributed by atoms with E-state index in [4.69, 9.17) is 0 Å². The molecule has 5 nitrogen and oxygen atoms in total. The van der Waals surface area contributed by atoms with Crippen molar-refractivity contribution in [3.8, 4) is 0 Å². The topological polar surface area (TPSA) is 51.3 Å². The molecule has 2 bridgehead atoms. The van der Waals surface area contributed by atoms with Gasteiger partial charge in [-0.3, -0.25) is 10.1 Å². The second-order valence-corrected chi connectivity index (χ2v) is 6.40. The van der Waals surface area contributed by atoms with Crippen LogP contribution in [0.3, 0.4) is 0 Å². The molecule has 0 saturated carbocycles. The molecule has 0 spiro atoms. The quantitative estimate of drug-likeness (QED) is 0.628. The first kappa shape index (κ1) is 12.8. The molecule has 0 aliphatic carbocycles. The van der Waals surface area contributed by atoms with Crippen molar-refractivity contribution in [2.24, 2.45) is 0 Å². The van der Waals surface area contributed by atoms with Crippen molar-refractivity contribution in [2.75, 3.05) is 7.05 Å². The second kappa shape index (κ2) is 4.56. The van der Waals surface area contributed by atoms with E-state index in [0.29, 0.717) is 18.1 Å². The highest BCUT2D eigenvalue weighted by atomic mass is 16.6. The maximum Gasteiger partial charge on any atom is 0.271 e. The molecule has 2 saturated heterocycles. The Balaban J connectivity index is 1.73. The van der Waals surface area contributed by atoms with Crippen LogP contribution in [0.4, 0.5) is 5.69 Å². The molecule has 2 aliphatic rings. The van der Waals surface area contributed by atoms with E-state index in [2.05, 4.69) is 28.8 Å². The molecule has 4 rings (SSSR count). The summed E-state index contributed by atoms with van der Waals surface area (Å²) in [4.78, 5) is 13.2. The van der Waals surface area contributed by atoms with Gasteiger partial charge in [0, 0.05) is 41.8 Å². The van der Waals surface area contributed by atoms with Crippen molar-refractivity contribution >= 4 is 16.6 Å². The van der Waals surface area contributed by atoms with Crippen LogP contribution in [0.15, 0.2) is 30.5 Å². The van der Waals surface area contributed by atoms with E-state index < -0.39 is 0 Å². The Morgan fingerprint density at radius 3 is 2.52 bits per heavy atom. The number of nitro benzene ring substituents is 1. The van der Waals surface area contributed by atoms with Crippen LogP contribution in [0, 0.1) is 10.1 Å². The smallest absolute Gasteiger partial charge is 0.271 e. The van der Waals surface area contributed by atoms with Crippen molar-refractivity contribution < 1.29 is 4.92 Å². The van der Waals surface area contributed by atoms with E-state index in [1.165, 1.54) is 12.8 Å². The van der Waals surface area contributed by atoms with Crippen LogP contribution >= 0.6 is 0 Å². The molecule has 3 heterocycles. The number of piperidine rings is 1. The summed E-state index contributed by atoms with van der Waals surface area (Å²) < 4.78 is 2.26. The number of benzene rings is 1. The number of hydrogen-bond donors (Lipinski definition) is 0. The van der Waals surface area contributed by atoms with Crippen LogP contribution in [0.1, 0.15) is 31.7 Å². The molecule has 0 radical (unpaired) electrons. The van der Waals surface area contributed by atoms with E-state index in [1.54, 1.807) is 12.1 Å². The van der Waals surface area contributed by atoms with Gasteiger partial charge in [-0.2, -0.15) is 0 Å². The van der Waals surface area contributed by atoms with Crippen molar-refractivity contribution in [1.29, 1.82) is 0 Å². The Bertz CT molecular complexity index is 695. The second-order valence-electron chi connectivity index (χ2n) is 6.40. The highest BCUT2D eigenvalue weighted by molar-refractivity contribution is 5.82. The summed E-state index contributed by atoms with van der Waals surface area (Å²) in [6.07, 6.45) is 6.98. The summed E-state index contributed by atoms with van der Waals surface area (Å²) in [5, 5.41) is 12.1. The Hall–Kier alpha value is -1.88. The number of aromatic nitrogens is 1. The number of nitrogens with zero attached hydrogens (tertiary/aromatic N) is 3. The molecule has 2 atom stereocenters. The number of rotatable bonds is 2. The predicted octanol–water partition coefficient (Wildman–Crippen LogP) is 3.35. The van der Waals surface area contributed by atoms with E-state index in [0.717, 1.165) is 23.7 Å². The van der Waals surface area contributed by atoms with E-state index in [-0.39, 0.29) is 10.6 Å². The van der Waals surface area contributed by atoms with Crippen LogP contribution in [0.25, 0.3) is 10.9 Å². The normalized spacial score (nSPS) is 29.1. The zero-order valence-electron chi connectivity index (χ0n) is 12.1. The molecular weight excluding hydrogens is 266 g/mol. The van der Waals surface area contributed by atoms with Gasteiger partial charge in [0.05, 0.1) is 10.4 Å². The first-order valence-electron chi connectivity index (χ1n) is 7.60. The third kappa shape index (κ3) is 1.95. The SMILES string of the molecule is CN1C2CCC1CC(n1ccc3ccc([N+](=O)[O-])cc31)C2. The lowest BCUT2D eigenvalue weighted by atomic mass is 9.97. The Labute approximate surface area is 123 Å². The largest absolute Gasteiger partial charge is 0.344 e. The van der Waals surface area contributed by atoms with Gasteiger partial charge in [0.2, 0.25) is 0 Å². The van der Waals surface area contributed by atoms with Gasteiger partial charge in [-0.25, -0.2) is 0 Å². The lowest BCUT2D eigenvalue weighted by molar-refractivity contribution is -0.384. The van der Waals surface area contributed by atoms with E-state index in [9.17, 15) is 10.1 Å². The molecule has 5 heteroatoms. The summed E-state index contributed by atoms with van der Waals surface area (Å²) in [5.41, 5.74) is 1.18. The molecule has 21 heavy (non-hydrogen) atoms. The third-order valence-electron chi connectivity index (χ3n) is 5.38. The standard InChI is InChI=1S/C16H19N3O2/c1-17-12-4-5-13(17)9-15(8-12)18-7-6-11-2-3-14(19(20)21)10-16(11)18/h2-3,6-7,10,12-13,15H,4-5,8-9H2,1H3. The predicted molar refractivity (Wildman–Crippen MR) is 81.4 cm³/mol. The minimum absolute atomic E-state index is 0.179. The highest BCUT2D eigenvalue weighted by Crippen LogP contribution is 2.41. The van der Waals surface area contributed by atoms with E-state index in [1.807, 2.05) is 6.07 Å². The van der Waals surface area contributed by atoms with Crippen LogP contribution in [-0.4, -0.2) is 33.5 Å². The number of hydrogen-bond acceptors (Lipinski definition) is 3. The average Bonchev–Trinajstić information content (AvgIpc) is 2.95. The maximum atomic E-state index is 11.0. The zero-order chi connectivity index (χ0) is 14.6. The van der Waals surface area contributed by atoms with Crippen molar-refractivity contribution in [3.63, 3.8) is 0 Å². The fourth-order valence-corrected chi connectivity index (χ4v) is 4.18. The molecule has 0 N–H and O–H groups in total. The molecule has 2 aromatic rings. The number of non-ortho nitro benzene ring substituents is 1.